The van der Waals surface area contributed by atoms with Crippen molar-refractivity contribution >= 4 is 7.82 Å². The molecule has 0 fully saturated rings. The summed E-state index contributed by atoms with van der Waals surface area (Å²) >= 11 is 0. The van der Waals surface area contributed by atoms with Crippen LogP contribution >= 0.6 is 7.82 Å². The van der Waals surface area contributed by atoms with E-state index in [4.69, 9.17) is 4.52 Å². The van der Waals surface area contributed by atoms with Crippen LogP contribution in [0.1, 0.15) is 116 Å². The first-order valence-corrected chi connectivity index (χ1v) is 13.6. The van der Waals surface area contributed by atoms with Crippen molar-refractivity contribution in [2.24, 2.45) is 0 Å². The molecule has 2 aromatic rings. The number of phenolic OH excluding ortho intramolecular Hbond substituents is 1. The topological polar surface area (TPSA) is 92.7 Å². The Morgan fingerprint density at radius 3 is 1.41 bits per heavy atom. The fourth-order valence-corrected chi connectivity index (χ4v) is 5.46. The molecule has 0 saturated heterocycles. The number of aromatic hydroxyl groups is 1. The zero-order valence-electron chi connectivity index (χ0n) is 25.5. The van der Waals surface area contributed by atoms with E-state index >= 15 is 0 Å². The van der Waals surface area contributed by atoms with Gasteiger partial charge in [0.1, 0.15) is 19.3 Å². The Kier molecular flexibility index (Phi) is 12.4. The fourth-order valence-electron chi connectivity index (χ4n) is 5.07. The zero-order valence-corrected chi connectivity index (χ0v) is 30.4. The minimum absolute atomic E-state index is 0. The summed E-state index contributed by atoms with van der Waals surface area (Å²) in [6.45, 7) is 25.0. The van der Waals surface area contributed by atoms with Gasteiger partial charge >= 0.3 is 59.1 Å². The molecule has 5 nitrogen and oxygen atoms in total. The largest absolute Gasteiger partial charge is 1.00 e. The minimum atomic E-state index is -5.26. The Morgan fingerprint density at radius 1 is 0.676 bits per heavy atom. The molecule has 0 aromatic heterocycles. The molecule has 196 valence electrons. The van der Waals surface area contributed by atoms with Gasteiger partial charge in [-0.05, 0) is 62.5 Å². The van der Waals surface area contributed by atoms with Gasteiger partial charge in [-0.1, -0.05) is 95.2 Å². The van der Waals surface area contributed by atoms with Crippen molar-refractivity contribution in [2.45, 2.75) is 111 Å². The second-order valence-electron chi connectivity index (χ2n) is 13.7. The van der Waals surface area contributed by atoms with Crippen LogP contribution in [0.15, 0.2) is 24.3 Å². The van der Waals surface area contributed by atoms with Crippen LogP contribution in [0.25, 0.3) is 0 Å². The third-order valence-corrected chi connectivity index (χ3v) is 6.67. The monoisotopic (exact) mass is 548 g/mol. The van der Waals surface area contributed by atoms with Gasteiger partial charge < -0.3 is 24.0 Å². The molecule has 1 N–H and O–H groups in total. The maximum absolute atomic E-state index is 11.7. The third-order valence-electron chi connectivity index (χ3n) is 6.25. The maximum atomic E-state index is 11.7. The molecule has 0 aliphatic rings. The summed E-state index contributed by atoms with van der Waals surface area (Å²) in [4.78, 5) is 23.3. The number of phosphoric ester groups is 1. The van der Waals surface area contributed by atoms with Crippen LogP contribution in [0, 0.1) is 0 Å². The standard InChI is InChI=1S/C29H45O5P.2Na/c1-26(2,3)20-13-15-22(30)24(28(7,8)9)18(20)17-19-21(27(4,5)6)14-16-23(34-35(31,32)33)25(19)29(10,11)12;;/h13-16,30H,17H2,1-12H3,(H2,31,32,33);;/q;2*+1/p-2. The van der Waals surface area contributed by atoms with E-state index in [1.807, 2.05) is 32.9 Å². The number of rotatable bonds is 4. The summed E-state index contributed by atoms with van der Waals surface area (Å²) in [5.74, 6) is 0.315. The molecule has 2 aromatic carbocycles. The first-order chi connectivity index (χ1) is 15.4. The second-order valence-corrected chi connectivity index (χ2v) is 14.7. The van der Waals surface area contributed by atoms with E-state index in [1.165, 1.54) is 0 Å². The van der Waals surface area contributed by atoms with Crippen LogP contribution in [-0.4, -0.2) is 5.11 Å². The van der Waals surface area contributed by atoms with Crippen LogP contribution in [0.2, 0.25) is 0 Å². The van der Waals surface area contributed by atoms with Crippen molar-refractivity contribution in [3.8, 4) is 11.5 Å². The summed E-state index contributed by atoms with van der Waals surface area (Å²) in [7, 11) is -5.26. The van der Waals surface area contributed by atoms with Crippen molar-refractivity contribution in [2.75, 3.05) is 0 Å². The van der Waals surface area contributed by atoms with Gasteiger partial charge in [0.25, 0.3) is 0 Å². The van der Waals surface area contributed by atoms with Crippen molar-refractivity contribution in [1.82, 2.24) is 0 Å². The summed E-state index contributed by atoms with van der Waals surface area (Å²) in [6, 6.07) is 7.22. The molecule has 8 heteroatoms. The molecule has 0 saturated carbocycles. The van der Waals surface area contributed by atoms with E-state index in [1.54, 1.807) is 12.1 Å². The van der Waals surface area contributed by atoms with E-state index in [2.05, 4.69) is 62.3 Å². The van der Waals surface area contributed by atoms with Crippen molar-refractivity contribution in [1.29, 1.82) is 0 Å². The van der Waals surface area contributed by atoms with E-state index in [-0.39, 0.29) is 86.9 Å². The Hall–Kier alpha value is 0.190. The first-order valence-electron chi connectivity index (χ1n) is 12.2. The van der Waals surface area contributed by atoms with Crippen molar-refractivity contribution in [3.05, 3.63) is 57.6 Å². The zero-order chi connectivity index (χ0) is 27.4. The van der Waals surface area contributed by atoms with Gasteiger partial charge in [-0.15, -0.1) is 0 Å². The molecular weight excluding hydrogens is 505 g/mol. The Labute approximate surface area is 269 Å². The molecule has 0 radical (unpaired) electrons. The summed E-state index contributed by atoms with van der Waals surface area (Å²) < 4.78 is 16.7. The van der Waals surface area contributed by atoms with Gasteiger partial charge in [0.2, 0.25) is 0 Å². The van der Waals surface area contributed by atoms with Crippen LogP contribution in [-0.2, 0) is 32.6 Å². The molecule has 0 amide bonds. The quantitative estimate of drug-likeness (QED) is 0.441. The van der Waals surface area contributed by atoms with Crippen LogP contribution in [0.5, 0.6) is 11.5 Å². The van der Waals surface area contributed by atoms with Crippen LogP contribution in [0.3, 0.4) is 0 Å². The van der Waals surface area contributed by atoms with Gasteiger partial charge in [0, 0.05) is 11.1 Å². The SMILES string of the molecule is CC(C)(C)c1ccc(O)c(C(C)(C)C)c1Cc1c(C(C)(C)C)ccc(OP(=O)([O-])[O-])c1C(C)(C)C.[Na+].[Na+]. The molecule has 0 aliphatic heterocycles. The van der Waals surface area contributed by atoms with Gasteiger partial charge in [0.05, 0.1) is 0 Å². The summed E-state index contributed by atoms with van der Waals surface area (Å²) in [5.41, 5.74) is 4.37. The Morgan fingerprint density at radius 2 is 1.05 bits per heavy atom. The van der Waals surface area contributed by atoms with Gasteiger partial charge in [-0.25, -0.2) is 0 Å². The molecule has 37 heavy (non-hydrogen) atoms. The number of benzene rings is 2. The maximum Gasteiger partial charge on any atom is 1.00 e. The van der Waals surface area contributed by atoms with E-state index < -0.39 is 13.2 Å². The molecular formula is C29H43Na2O5P. The number of hydrogen-bond acceptors (Lipinski definition) is 5. The number of phosphoric acid groups is 1. The molecule has 0 atom stereocenters. The van der Waals surface area contributed by atoms with Crippen molar-refractivity contribution in [3.63, 3.8) is 0 Å². The third kappa shape index (κ3) is 9.37. The van der Waals surface area contributed by atoms with Gasteiger partial charge in [-0.3, -0.25) is 0 Å². The molecule has 2 rings (SSSR count). The molecule has 0 spiro atoms. The van der Waals surface area contributed by atoms with Gasteiger partial charge in [-0.2, -0.15) is 0 Å². The van der Waals surface area contributed by atoms with Crippen LogP contribution in [0.4, 0.5) is 0 Å². The van der Waals surface area contributed by atoms with Gasteiger partial charge in [0.15, 0.2) is 0 Å². The normalized spacial score (nSPS) is 13.0. The number of phenols is 1. The smallest absolute Gasteiger partial charge is 0.780 e. The molecule has 0 heterocycles. The molecule has 0 bridgehead atoms. The van der Waals surface area contributed by atoms with E-state index in [0.29, 0.717) is 12.0 Å². The summed E-state index contributed by atoms with van der Waals surface area (Å²) in [5, 5.41) is 11.0. The molecule has 0 unspecified atom stereocenters. The summed E-state index contributed by atoms with van der Waals surface area (Å²) in [6.07, 6.45) is 0.464. The van der Waals surface area contributed by atoms with E-state index in [0.717, 1.165) is 27.8 Å². The minimum Gasteiger partial charge on any atom is -0.780 e. The average Bonchev–Trinajstić information content (AvgIpc) is 2.55. The van der Waals surface area contributed by atoms with Crippen LogP contribution < -0.4 is 73.4 Å². The second kappa shape index (κ2) is 12.4. The Bertz CT molecular complexity index is 1140. The van der Waals surface area contributed by atoms with Crippen molar-refractivity contribution < 1.29 is 83.1 Å². The number of hydrogen-bond donors (Lipinski definition) is 1. The first kappa shape index (κ1) is 37.2. The predicted molar refractivity (Wildman–Crippen MR) is 140 cm³/mol. The average molecular weight is 549 g/mol. The van der Waals surface area contributed by atoms with E-state index in [9.17, 15) is 19.5 Å². The fraction of sp³-hybridized carbons (Fsp3) is 0.586. The predicted octanol–water partition coefficient (Wildman–Crippen LogP) is 0.389. The molecule has 0 aliphatic carbocycles. The Balaban J connectivity index is 0.00000648.